The Morgan fingerprint density at radius 3 is 2.82 bits per heavy atom. The molecule has 0 spiro atoms. The summed E-state index contributed by atoms with van der Waals surface area (Å²) in [6, 6.07) is 0.292. The van der Waals surface area contributed by atoms with Gasteiger partial charge in [0.25, 0.3) is 0 Å². The second kappa shape index (κ2) is 4.13. The van der Waals surface area contributed by atoms with Gasteiger partial charge in [-0.25, -0.2) is 5.43 Å². The van der Waals surface area contributed by atoms with Crippen molar-refractivity contribution in [2.75, 3.05) is 6.54 Å². The lowest BCUT2D eigenvalue weighted by Crippen LogP contribution is -2.35. The minimum Gasteiger partial charge on any atom is -0.305 e. The Morgan fingerprint density at radius 2 is 2.45 bits per heavy atom. The number of likely N-dealkylation sites (N-methyl/N-ethyl adjacent to an activating group) is 1. The summed E-state index contributed by atoms with van der Waals surface area (Å²) >= 11 is 0. The molecule has 0 saturated heterocycles. The van der Waals surface area contributed by atoms with Crippen LogP contribution in [-0.4, -0.2) is 23.9 Å². The minimum atomic E-state index is 0. The molecule has 3 heteroatoms. The van der Waals surface area contributed by atoms with E-state index in [1.807, 2.05) is 24.9 Å². The lowest BCUT2D eigenvalue weighted by Gasteiger charge is -2.17. The van der Waals surface area contributed by atoms with Gasteiger partial charge in [0.2, 0.25) is 0 Å². The van der Waals surface area contributed by atoms with Gasteiger partial charge in [-0.3, -0.25) is 4.79 Å². The van der Waals surface area contributed by atoms with E-state index in [2.05, 4.69) is 5.43 Å². The van der Waals surface area contributed by atoms with Crippen molar-refractivity contribution in [2.45, 2.75) is 27.3 Å². The molecule has 11 heavy (non-hydrogen) atoms. The Bertz CT molecular complexity index is 165. The first-order valence-electron chi connectivity index (χ1n) is 3.48. The number of nitrogens with zero attached hydrogens (tertiary/aromatic N) is 1. The first kappa shape index (κ1) is 10.2. The minimum absolute atomic E-state index is 0. The number of rotatable bonds is 2. The lowest BCUT2D eigenvalue weighted by molar-refractivity contribution is -0.106. The molecule has 0 bridgehead atoms. The Kier molecular flexibility index (Phi) is 3.82. The third-order valence-electron chi connectivity index (χ3n) is 1.53. The zero-order valence-electron chi connectivity index (χ0n) is 6.29. The van der Waals surface area contributed by atoms with Crippen molar-refractivity contribution in [2.24, 2.45) is 0 Å². The van der Waals surface area contributed by atoms with Crippen molar-refractivity contribution >= 4 is 6.29 Å². The van der Waals surface area contributed by atoms with Crippen molar-refractivity contribution in [3.63, 3.8) is 0 Å². The molecular formula is C8H16N2O. The predicted molar refractivity (Wildman–Crippen MR) is 45.9 cm³/mol. The van der Waals surface area contributed by atoms with Crippen LogP contribution >= 0.6 is 0 Å². The molecule has 0 aromatic carbocycles. The highest BCUT2D eigenvalue weighted by atomic mass is 16.1. The summed E-state index contributed by atoms with van der Waals surface area (Å²) in [5, 5.41) is 1.84. The molecule has 0 aromatic rings. The SMILES string of the molecule is C.CCN1NC(C)C=C1C=O. The van der Waals surface area contributed by atoms with E-state index in [9.17, 15) is 4.79 Å². The number of hydrogen-bond acceptors (Lipinski definition) is 3. The first-order valence-corrected chi connectivity index (χ1v) is 3.48. The van der Waals surface area contributed by atoms with Crippen LogP contribution in [0.5, 0.6) is 0 Å². The van der Waals surface area contributed by atoms with E-state index in [0.717, 1.165) is 18.5 Å². The quantitative estimate of drug-likeness (QED) is 0.604. The fourth-order valence-electron chi connectivity index (χ4n) is 1.08. The summed E-state index contributed by atoms with van der Waals surface area (Å²) in [7, 11) is 0. The highest BCUT2D eigenvalue weighted by Crippen LogP contribution is 2.07. The van der Waals surface area contributed by atoms with E-state index in [-0.39, 0.29) is 7.43 Å². The monoisotopic (exact) mass is 156 g/mol. The van der Waals surface area contributed by atoms with Crippen LogP contribution in [0.3, 0.4) is 0 Å². The number of aldehydes is 1. The molecule has 64 valence electrons. The third kappa shape index (κ3) is 2.05. The predicted octanol–water partition coefficient (Wildman–Crippen LogP) is 0.934. The molecule has 0 aliphatic carbocycles. The molecule has 0 aromatic heterocycles. The second-order valence-corrected chi connectivity index (χ2v) is 2.37. The molecule has 0 amide bonds. The van der Waals surface area contributed by atoms with E-state index in [0.29, 0.717) is 6.04 Å². The van der Waals surface area contributed by atoms with Gasteiger partial charge in [0.05, 0.1) is 5.70 Å². The van der Waals surface area contributed by atoms with Crippen LogP contribution < -0.4 is 5.43 Å². The maximum atomic E-state index is 10.4. The van der Waals surface area contributed by atoms with Crippen LogP contribution in [0.25, 0.3) is 0 Å². The molecule has 1 N–H and O–H groups in total. The standard InChI is InChI=1S/C7H12N2O.CH4/c1-3-9-7(5-10)4-6(2)8-9;/h4-6,8H,3H2,1-2H3;1H4. The van der Waals surface area contributed by atoms with Gasteiger partial charge < -0.3 is 5.01 Å². The highest BCUT2D eigenvalue weighted by molar-refractivity contribution is 5.73. The van der Waals surface area contributed by atoms with E-state index in [4.69, 9.17) is 0 Å². The average Bonchev–Trinajstić information content (AvgIpc) is 2.30. The van der Waals surface area contributed by atoms with Crippen LogP contribution in [0, 0.1) is 0 Å². The third-order valence-corrected chi connectivity index (χ3v) is 1.53. The molecule has 1 aliphatic rings. The Morgan fingerprint density at radius 1 is 1.82 bits per heavy atom. The smallest absolute Gasteiger partial charge is 0.167 e. The van der Waals surface area contributed by atoms with E-state index in [1.54, 1.807) is 0 Å². The molecule has 0 saturated carbocycles. The first-order chi connectivity index (χ1) is 4.77. The van der Waals surface area contributed by atoms with Crippen LogP contribution in [0.4, 0.5) is 0 Å². The van der Waals surface area contributed by atoms with Crippen molar-refractivity contribution in [3.05, 3.63) is 11.8 Å². The fourth-order valence-corrected chi connectivity index (χ4v) is 1.08. The molecule has 1 unspecified atom stereocenters. The van der Waals surface area contributed by atoms with Gasteiger partial charge in [-0.15, -0.1) is 0 Å². The molecule has 1 heterocycles. The van der Waals surface area contributed by atoms with Gasteiger partial charge >= 0.3 is 0 Å². The molecule has 1 rings (SSSR count). The summed E-state index contributed by atoms with van der Waals surface area (Å²) < 4.78 is 0. The Labute approximate surface area is 68.0 Å². The van der Waals surface area contributed by atoms with Crippen LogP contribution in [0.1, 0.15) is 21.3 Å². The largest absolute Gasteiger partial charge is 0.305 e. The van der Waals surface area contributed by atoms with Gasteiger partial charge in [0, 0.05) is 12.6 Å². The topological polar surface area (TPSA) is 32.3 Å². The molecule has 1 atom stereocenters. The fraction of sp³-hybridized carbons (Fsp3) is 0.625. The summed E-state index contributed by atoms with van der Waals surface area (Å²) in [4.78, 5) is 10.4. The zero-order chi connectivity index (χ0) is 7.56. The van der Waals surface area contributed by atoms with Gasteiger partial charge in [-0.2, -0.15) is 0 Å². The highest BCUT2D eigenvalue weighted by Gasteiger charge is 2.16. The summed E-state index contributed by atoms with van der Waals surface area (Å²) in [5.41, 5.74) is 3.86. The lowest BCUT2D eigenvalue weighted by atomic mass is 10.3. The number of hydrogen-bond donors (Lipinski definition) is 1. The average molecular weight is 156 g/mol. The molecule has 3 nitrogen and oxygen atoms in total. The number of allylic oxidation sites excluding steroid dienone is 1. The normalized spacial score (nSPS) is 22.5. The van der Waals surface area contributed by atoms with E-state index in [1.165, 1.54) is 0 Å². The van der Waals surface area contributed by atoms with Crippen LogP contribution in [0.2, 0.25) is 0 Å². The summed E-state index contributed by atoms with van der Waals surface area (Å²) in [5.74, 6) is 0. The van der Waals surface area contributed by atoms with Gasteiger partial charge in [0.1, 0.15) is 0 Å². The van der Waals surface area contributed by atoms with Crippen molar-refractivity contribution < 1.29 is 4.79 Å². The van der Waals surface area contributed by atoms with Gasteiger partial charge in [-0.05, 0) is 19.9 Å². The second-order valence-electron chi connectivity index (χ2n) is 2.37. The maximum absolute atomic E-state index is 10.4. The number of nitrogens with one attached hydrogen (secondary N) is 1. The number of carbonyl (C=O) groups is 1. The molecular weight excluding hydrogens is 140 g/mol. The van der Waals surface area contributed by atoms with Crippen LogP contribution in [0.15, 0.2) is 11.8 Å². The van der Waals surface area contributed by atoms with Crippen molar-refractivity contribution in [3.8, 4) is 0 Å². The Balaban J connectivity index is 0.000001000. The number of hydrazine groups is 1. The van der Waals surface area contributed by atoms with E-state index < -0.39 is 0 Å². The molecule has 0 fully saturated rings. The van der Waals surface area contributed by atoms with Gasteiger partial charge in [-0.1, -0.05) is 7.43 Å². The zero-order valence-corrected chi connectivity index (χ0v) is 6.29. The number of carbonyl (C=O) groups excluding carboxylic acids is 1. The van der Waals surface area contributed by atoms with Crippen LogP contribution in [-0.2, 0) is 4.79 Å². The molecule has 0 radical (unpaired) electrons. The van der Waals surface area contributed by atoms with E-state index >= 15 is 0 Å². The summed E-state index contributed by atoms with van der Waals surface area (Å²) in [6.45, 7) is 4.84. The van der Waals surface area contributed by atoms with Crippen molar-refractivity contribution in [1.82, 2.24) is 10.4 Å². The molecule has 1 aliphatic heterocycles. The summed E-state index contributed by atoms with van der Waals surface area (Å²) in [6.07, 6.45) is 2.79. The maximum Gasteiger partial charge on any atom is 0.167 e. The Hall–Kier alpha value is -0.830. The van der Waals surface area contributed by atoms with Crippen molar-refractivity contribution in [1.29, 1.82) is 0 Å². The van der Waals surface area contributed by atoms with Gasteiger partial charge in [0.15, 0.2) is 6.29 Å².